The number of nitrogens with one attached hydrogen (secondary N) is 2. The first-order valence-electron chi connectivity index (χ1n) is 6.53. The van der Waals surface area contributed by atoms with Crippen LogP contribution in [-0.4, -0.2) is 33.5 Å². The minimum Gasteiger partial charge on any atom is -0.452 e. The van der Waals surface area contributed by atoms with Gasteiger partial charge in [0, 0.05) is 12.6 Å². The monoisotopic (exact) mass is 382 g/mol. The third-order valence-electron chi connectivity index (χ3n) is 3.25. The average molecular weight is 383 g/mol. The molecule has 20 heavy (non-hydrogen) atoms. The van der Waals surface area contributed by atoms with Gasteiger partial charge in [-0.25, -0.2) is 13.1 Å². The van der Waals surface area contributed by atoms with Crippen LogP contribution in [0.2, 0.25) is 0 Å². The van der Waals surface area contributed by atoms with E-state index in [1.807, 2.05) is 11.8 Å². The van der Waals surface area contributed by atoms with E-state index in [0.29, 0.717) is 24.8 Å². The van der Waals surface area contributed by atoms with Gasteiger partial charge in [0.2, 0.25) is 10.0 Å². The van der Waals surface area contributed by atoms with E-state index >= 15 is 0 Å². The Hall–Kier alpha value is -0.0200. The normalized spacial score (nSPS) is 17.5. The Labute approximate surface area is 132 Å². The van der Waals surface area contributed by atoms with E-state index in [-0.39, 0.29) is 9.56 Å². The minimum atomic E-state index is -3.51. The van der Waals surface area contributed by atoms with Gasteiger partial charge in [0.15, 0.2) is 4.67 Å². The van der Waals surface area contributed by atoms with Crippen molar-refractivity contribution in [3.8, 4) is 0 Å². The highest BCUT2D eigenvalue weighted by Crippen LogP contribution is 2.27. The number of sulfonamides is 1. The lowest BCUT2D eigenvalue weighted by atomic mass is 10.0. The van der Waals surface area contributed by atoms with Crippen molar-refractivity contribution in [1.29, 1.82) is 0 Å². The van der Waals surface area contributed by atoms with Crippen LogP contribution in [0.4, 0.5) is 0 Å². The maximum atomic E-state index is 12.3. The molecule has 1 fully saturated rings. The van der Waals surface area contributed by atoms with Gasteiger partial charge in [-0.3, -0.25) is 0 Å². The number of furan rings is 1. The molecule has 2 heterocycles. The predicted octanol–water partition coefficient (Wildman–Crippen LogP) is 2.18. The summed E-state index contributed by atoms with van der Waals surface area (Å²) in [6.45, 7) is 0.996. The van der Waals surface area contributed by atoms with Crippen molar-refractivity contribution in [2.24, 2.45) is 5.92 Å². The molecule has 0 unspecified atom stereocenters. The molecule has 114 valence electrons. The summed E-state index contributed by atoms with van der Waals surface area (Å²) in [5.41, 5.74) is 0. The smallest absolute Gasteiger partial charge is 0.244 e. The van der Waals surface area contributed by atoms with Crippen molar-refractivity contribution < 1.29 is 12.8 Å². The molecule has 1 aliphatic rings. The second-order valence-corrected chi connectivity index (χ2v) is 8.47. The Morgan fingerprint density at radius 1 is 1.45 bits per heavy atom. The molecule has 0 bridgehead atoms. The van der Waals surface area contributed by atoms with E-state index in [2.05, 4.69) is 26.0 Å². The van der Waals surface area contributed by atoms with Gasteiger partial charge in [-0.05, 0) is 53.2 Å². The molecule has 1 aromatic heterocycles. The molecule has 0 radical (unpaired) electrons. The summed E-state index contributed by atoms with van der Waals surface area (Å²) >= 11 is 5.10. The fourth-order valence-electron chi connectivity index (χ4n) is 2.10. The zero-order valence-corrected chi connectivity index (χ0v) is 14.5. The molecule has 1 saturated heterocycles. The summed E-state index contributed by atoms with van der Waals surface area (Å²) in [7, 11) is -1.73. The number of hydrogen-bond donors (Lipinski definition) is 2. The molecule has 1 aromatic rings. The first kappa shape index (κ1) is 16.4. The van der Waals surface area contributed by atoms with Crippen molar-refractivity contribution in [2.45, 2.75) is 24.3 Å². The van der Waals surface area contributed by atoms with Crippen LogP contribution in [0.5, 0.6) is 0 Å². The van der Waals surface area contributed by atoms with Crippen LogP contribution in [0.15, 0.2) is 20.0 Å². The van der Waals surface area contributed by atoms with Crippen molar-refractivity contribution in [3.05, 3.63) is 16.5 Å². The van der Waals surface area contributed by atoms with E-state index < -0.39 is 10.0 Å². The number of thioether (sulfide) groups is 1. The highest BCUT2D eigenvalue weighted by atomic mass is 79.9. The van der Waals surface area contributed by atoms with Crippen molar-refractivity contribution in [2.75, 3.05) is 25.1 Å². The largest absolute Gasteiger partial charge is 0.452 e. The van der Waals surface area contributed by atoms with Crippen LogP contribution in [-0.2, 0) is 16.6 Å². The quantitative estimate of drug-likeness (QED) is 0.788. The van der Waals surface area contributed by atoms with Gasteiger partial charge in [-0.1, -0.05) is 0 Å². The van der Waals surface area contributed by atoms with Crippen LogP contribution in [0, 0.1) is 5.92 Å². The van der Waals surface area contributed by atoms with E-state index in [1.165, 1.54) is 0 Å². The molecule has 0 aromatic carbocycles. The molecular formula is C12H19BrN2O3S2. The van der Waals surface area contributed by atoms with Crippen molar-refractivity contribution in [3.63, 3.8) is 0 Å². The lowest BCUT2D eigenvalue weighted by molar-refractivity contribution is 0.466. The molecule has 0 spiro atoms. The maximum absolute atomic E-state index is 12.3. The summed E-state index contributed by atoms with van der Waals surface area (Å²) in [6, 6.07) is 1.56. The van der Waals surface area contributed by atoms with Crippen LogP contribution >= 0.6 is 27.7 Å². The molecule has 1 aliphatic heterocycles. The van der Waals surface area contributed by atoms with Crippen LogP contribution in [0.3, 0.4) is 0 Å². The van der Waals surface area contributed by atoms with Gasteiger partial charge in [0.1, 0.15) is 10.7 Å². The van der Waals surface area contributed by atoms with Gasteiger partial charge >= 0.3 is 0 Å². The minimum absolute atomic E-state index is 0.174. The zero-order chi connectivity index (χ0) is 14.6. The van der Waals surface area contributed by atoms with Crippen LogP contribution in [0.1, 0.15) is 18.6 Å². The first-order valence-corrected chi connectivity index (χ1v) is 9.96. The highest BCUT2D eigenvalue weighted by Gasteiger charge is 2.24. The molecule has 5 nitrogen and oxygen atoms in total. The molecular weight excluding hydrogens is 364 g/mol. The van der Waals surface area contributed by atoms with Crippen LogP contribution < -0.4 is 10.0 Å². The Morgan fingerprint density at radius 3 is 2.80 bits per heavy atom. The molecule has 2 N–H and O–H groups in total. The topological polar surface area (TPSA) is 71.3 Å². The van der Waals surface area contributed by atoms with Gasteiger partial charge < -0.3 is 9.73 Å². The summed E-state index contributed by atoms with van der Waals surface area (Å²) in [6.07, 6.45) is 2.15. The Morgan fingerprint density at radius 2 is 2.15 bits per heavy atom. The van der Waals surface area contributed by atoms with E-state index in [9.17, 15) is 8.42 Å². The van der Waals surface area contributed by atoms with Crippen LogP contribution in [0.25, 0.3) is 0 Å². The molecule has 0 atom stereocenters. The maximum Gasteiger partial charge on any atom is 0.244 e. The van der Waals surface area contributed by atoms with E-state index in [0.717, 1.165) is 24.3 Å². The first-order chi connectivity index (χ1) is 9.53. The summed E-state index contributed by atoms with van der Waals surface area (Å²) in [5, 5.41) is 2.93. The van der Waals surface area contributed by atoms with E-state index in [1.54, 1.807) is 13.1 Å². The number of hydrogen-bond acceptors (Lipinski definition) is 5. The third kappa shape index (κ3) is 4.24. The molecule has 2 rings (SSSR count). The summed E-state index contributed by atoms with van der Waals surface area (Å²) < 4.78 is 32.9. The molecule has 0 aliphatic carbocycles. The Balaban J connectivity index is 2.01. The summed E-state index contributed by atoms with van der Waals surface area (Å²) in [5.74, 6) is 3.27. The van der Waals surface area contributed by atoms with Gasteiger partial charge in [0.25, 0.3) is 0 Å². The van der Waals surface area contributed by atoms with E-state index in [4.69, 9.17) is 4.42 Å². The number of rotatable bonds is 6. The average Bonchev–Trinajstić information content (AvgIpc) is 2.80. The van der Waals surface area contributed by atoms with Crippen molar-refractivity contribution >= 4 is 37.7 Å². The van der Waals surface area contributed by atoms with Gasteiger partial charge in [-0.15, -0.1) is 0 Å². The highest BCUT2D eigenvalue weighted by molar-refractivity contribution is 9.10. The third-order valence-corrected chi connectivity index (χ3v) is 6.58. The van der Waals surface area contributed by atoms with Gasteiger partial charge in [0.05, 0.1) is 6.54 Å². The van der Waals surface area contributed by atoms with Gasteiger partial charge in [-0.2, -0.15) is 11.8 Å². The second kappa shape index (κ2) is 7.31. The molecule has 0 amide bonds. The zero-order valence-electron chi connectivity index (χ0n) is 11.3. The Kier molecular flexibility index (Phi) is 5.97. The number of halogens is 1. The lowest BCUT2D eigenvalue weighted by Crippen LogP contribution is -2.31. The van der Waals surface area contributed by atoms with Crippen molar-refractivity contribution in [1.82, 2.24) is 10.0 Å². The fraction of sp³-hybridized carbons (Fsp3) is 0.667. The molecule has 0 saturated carbocycles. The molecule has 8 heteroatoms. The second-order valence-electron chi connectivity index (χ2n) is 4.79. The SMILES string of the molecule is CNCc1cc(S(=O)(=O)NCC2CCSCC2)c(Br)o1. The predicted molar refractivity (Wildman–Crippen MR) is 84.4 cm³/mol. The fourth-order valence-corrected chi connectivity index (χ4v) is 5.41. The summed E-state index contributed by atoms with van der Waals surface area (Å²) in [4.78, 5) is 0.174. The Bertz CT molecular complexity index is 539. The lowest BCUT2D eigenvalue weighted by Gasteiger charge is -2.21. The standard InChI is InChI=1S/C12H19BrN2O3S2/c1-14-8-10-6-11(12(13)18-10)20(16,17)15-7-9-2-4-19-5-3-9/h6,9,14-15H,2-5,7-8H2,1H3.